The number of aromatic amines is 1. The van der Waals surface area contributed by atoms with Gasteiger partial charge in [-0.25, -0.2) is 4.79 Å². The maximum absolute atomic E-state index is 12.8. The Balaban J connectivity index is 1.70. The Morgan fingerprint density at radius 1 is 1.30 bits per heavy atom. The molecular weight excluding hydrogens is 361 g/mol. The summed E-state index contributed by atoms with van der Waals surface area (Å²) >= 11 is 0. The highest BCUT2D eigenvalue weighted by atomic mass is 19.4. The average Bonchev–Trinajstić information content (AvgIpc) is 3.20. The lowest BCUT2D eigenvalue weighted by Crippen LogP contribution is -2.13. The molecular formula is C18H17F3N4O2. The Labute approximate surface area is 153 Å². The first-order valence-corrected chi connectivity index (χ1v) is 8.15. The van der Waals surface area contributed by atoms with E-state index >= 15 is 0 Å². The van der Waals surface area contributed by atoms with E-state index in [1.54, 1.807) is 31.5 Å². The molecule has 0 spiro atoms. The summed E-state index contributed by atoms with van der Waals surface area (Å²) in [6.07, 6.45) is -0.196. The summed E-state index contributed by atoms with van der Waals surface area (Å²) in [5.41, 5.74) is 1.69. The van der Waals surface area contributed by atoms with E-state index in [0.29, 0.717) is 11.3 Å². The minimum Gasteiger partial charge on any atom is -0.462 e. The number of pyridine rings is 1. The maximum Gasteiger partial charge on any atom is 0.433 e. The van der Waals surface area contributed by atoms with Crippen LogP contribution in [0, 0.1) is 13.8 Å². The van der Waals surface area contributed by atoms with E-state index in [0.717, 1.165) is 17.6 Å². The lowest BCUT2D eigenvalue weighted by Gasteiger charge is -2.09. The predicted molar refractivity (Wildman–Crippen MR) is 90.6 cm³/mol. The van der Waals surface area contributed by atoms with E-state index in [1.165, 1.54) is 0 Å². The largest absolute Gasteiger partial charge is 0.462 e. The number of alkyl halides is 3. The van der Waals surface area contributed by atoms with Crippen LogP contribution in [0.25, 0.3) is 5.69 Å². The number of hydrogen-bond acceptors (Lipinski definition) is 4. The minimum atomic E-state index is -4.52. The molecule has 27 heavy (non-hydrogen) atoms. The van der Waals surface area contributed by atoms with Gasteiger partial charge in [0.15, 0.2) is 0 Å². The van der Waals surface area contributed by atoms with Gasteiger partial charge in [0.2, 0.25) is 0 Å². The van der Waals surface area contributed by atoms with Gasteiger partial charge in [0.05, 0.1) is 30.3 Å². The van der Waals surface area contributed by atoms with Gasteiger partial charge < -0.3 is 9.30 Å². The molecule has 6 nitrogen and oxygen atoms in total. The zero-order chi connectivity index (χ0) is 19.6. The van der Waals surface area contributed by atoms with Crippen LogP contribution in [0.4, 0.5) is 13.2 Å². The number of carbonyl (C=O) groups is 1. The molecule has 0 radical (unpaired) electrons. The van der Waals surface area contributed by atoms with Gasteiger partial charge in [-0.05, 0) is 32.0 Å². The third-order valence-corrected chi connectivity index (χ3v) is 4.16. The number of H-pyrrole nitrogens is 1. The number of hydrogen-bond donors (Lipinski definition) is 1. The molecule has 0 atom stereocenters. The molecule has 142 valence electrons. The minimum absolute atomic E-state index is 0.0452. The number of aromatic nitrogens is 4. The highest BCUT2D eigenvalue weighted by molar-refractivity contribution is 5.91. The number of esters is 1. The predicted octanol–water partition coefficient (Wildman–Crippen LogP) is 3.63. The SMILES string of the molecule is Cc1cc(C(=O)OCCc2cn[nH]c2C(F)(F)F)c(C)n1-c1cccnc1. The van der Waals surface area contributed by atoms with E-state index in [1.807, 2.05) is 22.7 Å². The van der Waals surface area contributed by atoms with Crippen molar-refractivity contribution in [1.82, 2.24) is 19.7 Å². The number of rotatable bonds is 5. The molecule has 0 unspecified atom stereocenters. The zero-order valence-corrected chi connectivity index (χ0v) is 14.7. The first kappa shape index (κ1) is 18.7. The van der Waals surface area contributed by atoms with Crippen molar-refractivity contribution in [2.24, 2.45) is 0 Å². The topological polar surface area (TPSA) is 72.8 Å². The van der Waals surface area contributed by atoms with Crippen LogP contribution in [0.3, 0.4) is 0 Å². The summed E-state index contributed by atoms with van der Waals surface area (Å²) in [7, 11) is 0. The summed E-state index contributed by atoms with van der Waals surface area (Å²) in [4.78, 5) is 16.4. The second-order valence-corrected chi connectivity index (χ2v) is 5.99. The van der Waals surface area contributed by atoms with E-state index in [4.69, 9.17) is 4.74 Å². The molecule has 0 saturated carbocycles. The van der Waals surface area contributed by atoms with Crippen LogP contribution < -0.4 is 0 Å². The maximum atomic E-state index is 12.8. The second-order valence-electron chi connectivity index (χ2n) is 5.99. The Morgan fingerprint density at radius 3 is 2.74 bits per heavy atom. The number of nitrogens with one attached hydrogen (secondary N) is 1. The van der Waals surface area contributed by atoms with Crippen LogP contribution in [0.15, 0.2) is 36.8 Å². The van der Waals surface area contributed by atoms with Crippen LogP contribution in [-0.4, -0.2) is 32.3 Å². The Hall–Kier alpha value is -3.10. The fraction of sp³-hybridized carbons (Fsp3) is 0.278. The smallest absolute Gasteiger partial charge is 0.433 e. The van der Waals surface area contributed by atoms with Gasteiger partial charge in [0.25, 0.3) is 0 Å². The molecule has 0 fully saturated rings. The highest BCUT2D eigenvalue weighted by Gasteiger charge is 2.35. The van der Waals surface area contributed by atoms with Crippen molar-refractivity contribution in [1.29, 1.82) is 0 Å². The molecule has 9 heteroatoms. The van der Waals surface area contributed by atoms with Crippen molar-refractivity contribution in [2.75, 3.05) is 6.61 Å². The normalized spacial score (nSPS) is 11.6. The number of nitrogens with zero attached hydrogens (tertiary/aromatic N) is 3. The monoisotopic (exact) mass is 378 g/mol. The van der Waals surface area contributed by atoms with Gasteiger partial charge in [-0.15, -0.1) is 0 Å². The zero-order valence-electron chi connectivity index (χ0n) is 14.7. The average molecular weight is 378 g/mol. The van der Waals surface area contributed by atoms with Crippen molar-refractivity contribution < 1.29 is 22.7 Å². The number of ether oxygens (including phenoxy) is 1. The molecule has 0 bridgehead atoms. The third-order valence-electron chi connectivity index (χ3n) is 4.16. The third kappa shape index (κ3) is 3.86. The van der Waals surface area contributed by atoms with Crippen LogP contribution in [0.2, 0.25) is 0 Å². The van der Waals surface area contributed by atoms with E-state index in [9.17, 15) is 18.0 Å². The summed E-state index contributed by atoms with van der Waals surface area (Å²) in [6.45, 7) is 3.43. The van der Waals surface area contributed by atoms with Crippen molar-refractivity contribution in [3.63, 3.8) is 0 Å². The summed E-state index contributed by atoms with van der Waals surface area (Å²) in [5, 5.41) is 5.34. The number of aryl methyl sites for hydroxylation is 1. The molecule has 0 aliphatic rings. The highest BCUT2D eigenvalue weighted by Crippen LogP contribution is 2.30. The van der Waals surface area contributed by atoms with E-state index < -0.39 is 17.8 Å². The van der Waals surface area contributed by atoms with Crippen LogP contribution in [0.5, 0.6) is 0 Å². The summed E-state index contributed by atoms with van der Waals surface area (Å²) < 4.78 is 45.5. The lowest BCUT2D eigenvalue weighted by atomic mass is 10.2. The fourth-order valence-corrected chi connectivity index (χ4v) is 2.93. The van der Waals surface area contributed by atoms with Crippen LogP contribution in [-0.2, 0) is 17.3 Å². The van der Waals surface area contributed by atoms with Crippen molar-refractivity contribution >= 4 is 5.97 Å². The molecule has 3 aromatic heterocycles. The Morgan fingerprint density at radius 2 is 2.07 bits per heavy atom. The molecule has 0 amide bonds. The van der Waals surface area contributed by atoms with Gasteiger partial charge in [0, 0.05) is 29.6 Å². The summed E-state index contributed by atoms with van der Waals surface area (Å²) in [6, 6.07) is 5.33. The lowest BCUT2D eigenvalue weighted by molar-refractivity contribution is -0.141. The standard InChI is InChI=1S/C18H17F3N4O2/c1-11-8-15(12(2)25(11)14-4-3-6-22-10-14)17(26)27-7-5-13-9-23-24-16(13)18(19,20)21/h3-4,6,8-10H,5,7H2,1-2H3,(H,23,24). The van der Waals surface area contributed by atoms with Crippen LogP contribution in [0.1, 0.15) is 33.0 Å². The molecule has 1 N–H and O–H groups in total. The Kier molecular flexibility index (Phi) is 5.02. The van der Waals surface area contributed by atoms with Crippen molar-refractivity contribution in [3.8, 4) is 5.69 Å². The van der Waals surface area contributed by atoms with Gasteiger partial charge in [-0.3, -0.25) is 10.1 Å². The number of carbonyl (C=O) groups excluding carboxylic acids is 1. The van der Waals surface area contributed by atoms with E-state index in [2.05, 4.69) is 10.1 Å². The molecule has 3 rings (SSSR count). The van der Waals surface area contributed by atoms with Crippen LogP contribution >= 0.6 is 0 Å². The van der Waals surface area contributed by atoms with Crippen molar-refractivity contribution in [2.45, 2.75) is 26.4 Å². The Bertz CT molecular complexity index is 945. The molecule has 0 aliphatic heterocycles. The van der Waals surface area contributed by atoms with Gasteiger partial charge in [-0.1, -0.05) is 0 Å². The first-order valence-electron chi connectivity index (χ1n) is 8.15. The quantitative estimate of drug-likeness (QED) is 0.688. The van der Waals surface area contributed by atoms with Gasteiger partial charge >= 0.3 is 12.1 Å². The fourth-order valence-electron chi connectivity index (χ4n) is 2.93. The van der Waals surface area contributed by atoms with Gasteiger partial charge in [0.1, 0.15) is 5.69 Å². The molecule has 0 aliphatic carbocycles. The van der Waals surface area contributed by atoms with Gasteiger partial charge in [-0.2, -0.15) is 18.3 Å². The molecule has 3 heterocycles. The van der Waals surface area contributed by atoms with Crippen molar-refractivity contribution in [3.05, 3.63) is 65.0 Å². The second kappa shape index (κ2) is 7.26. The van der Waals surface area contributed by atoms with E-state index in [-0.39, 0.29) is 18.6 Å². The molecule has 0 aromatic carbocycles. The first-order chi connectivity index (χ1) is 12.8. The molecule has 0 saturated heterocycles. The number of halogens is 3. The summed E-state index contributed by atoms with van der Waals surface area (Å²) in [5.74, 6) is -0.588. The molecule has 3 aromatic rings.